The van der Waals surface area contributed by atoms with Crippen LogP contribution >= 0.6 is 0 Å². The molecule has 4 nitrogen and oxygen atoms in total. The molecule has 0 unspecified atom stereocenters. The Morgan fingerprint density at radius 3 is 2.05 bits per heavy atom. The highest BCUT2D eigenvalue weighted by Crippen LogP contribution is 2.52. The molecule has 0 aromatic carbocycles. The van der Waals surface area contributed by atoms with E-state index in [4.69, 9.17) is 0 Å². The maximum atomic E-state index is 12.0. The summed E-state index contributed by atoms with van der Waals surface area (Å²) in [5.74, 6) is 3.32. The second-order valence-corrected chi connectivity index (χ2v) is 7.82. The summed E-state index contributed by atoms with van der Waals surface area (Å²) in [7, 11) is 0. The van der Waals surface area contributed by atoms with Gasteiger partial charge in [0.15, 0.2) is 0 Å². The van der Waals surface area contributed by atoms with Crippen molar-refractivity contribution in [1.82, 2.24) is 14.7 Å². The summed E-state index contributed by atoms with van der Waals surface area (Å²) in [6, 6.07) is 0.712. The van der Waals surface area contributed by atoms with Crippen molar-refractivity contribution in [3.05, 3.63) is 0 Å². The molecule has 2 saturated heterocycles. The fraction of sp³-hybridized carbons (Fsp3) is 0.941. The number of carbonyl (C=O) groups is 1. The van der Waals surface area contributed by atoms with Crippen LogP contribution in [0.4, 0.5) is 0 Å². The summed E-state index contributed by atoms with van der Waals surface area (Å²) >= 11 is 0. The van der Waals surface area contributed by atoms with Crippen LogP contribution in [0.1, 0.15) is 27.7 Å². The second-order valence-electron chi connectivity index (χ2n) is 7.82. The zero-order chi connectivity index (χ0) is 15.1. The van der Waals surface area contributed by atoms with Gasteiger partial charge in [-0.3, -0.25) is 9.69 Å². The third kappa shape index (κ3) is 3.11. The molecule has 120 valence electrons. The number of piperidine rings is 1. The van der Waals surface area contributed by atoms with Gasteiger partial charge < -0.3 is 9.80 Å². The quantitative estimate of drug-likeness (QED) is 0.783. The molecule has 4 heteroatoms. The number of rotatable bonds is 4. The van der Waals surface area contributed by atoms with Crippen molar-refractivity contribution in [2.24, 2.45) is 23.7 Å². The van der Waals surface area contributed by atoms with Crippen molar-refractivity contribution in [2.75, 3.05) is 45.8 Å². The van der Waals surface area contributed by atoms with Gasteiger partial charge in [-0.25, -0.2) is 0 Å². The Labute approximate surface area is 129 Å². The van der Waals surface area contributed by atoms with E-state index >= 15 is 0 Å². The lowest BCUT2D eigenvalue weighted by atomic mass is 10.1. The zero-order valence-electron chi connectivity index (χ0n) is 14.1. The van der Waals surface area contributed by atoms with Crippen LogP contribution < -0.4 is 0 Å². The Balaban J connectivity index is 1.39. The van der Waals surface area contributed by atoms with Crippen LogP contribution in [0.25, 0.3) is 0 Å². The van der Waals surface area contributed by atoms with Gasteiger partial charge in [0, 0.05) is 57.8 Å². The molecule has 3 rings (SSSR count). The second kappa shape index (κ2) is 5.88. The van der Waals surface area contributed by atoms with Gasteiger partial charge in [0.25, 0.3) is 0 Å². The molecule has 0 radical (unpaired) electrons. The minimum absolute atomic E-state index is 0.140. The van der Waals surface area contributed by atoms with Gasteiger partial charge >= 0.3 is 0 Å². The molecule has 0 spiro atoms. The van der Waals surface area contributed by atoms with E-state index in [1.807, 2.05) is 13.8 Å². The van der Waals surface area contributed by atoms with Crippen molar-refractivity contribution in [3.8, 4) is 0 Å². The number of amides is 1. The smallest absolute Gasteiger partial charge is 0.225 e. The van der Waals surface area contributed by atoms with E-state index < -0.39 is 0 Å². The fourth-order valence-corrected chi connectivity index (χ4v) is 4.19. The Kier molecular flexibility index (Phi) is 4.28. The molecule has 0 aromatic heterocycles. The van der Waals surface area contributed by atoms with Crippen LogP contribution in [0.2, 0.25) is 0 Å². The van der Waals surface area contributed by atoms with E-state index in [9.17, 15) is 4.79 Å². The Morgan fingerprint density at radius 1 is 1.00 bits per heavy atom. The van der Waals surface area contributed by atoms with Gasteiger partial charge in [-0.15, -0.1) is 0 Å². The standard InChI is InChI=1S/C17H31N3O/c1-12(2)17(21)19-7-5-18(6-8-19)9-14-15-10-20(13(3)4)11-16(14)15/h12-16H,5-11H2,1-4H3/t14-,15-,16+. The molecular weight excluding hydrogens is 262 g/mol. The van der Waals surface area contributed by atoms with E-state index in [1.54, 1.807) is 0 Å². The van der Waals surface area contributed by atoms with Gasteiger partial charge in [-0.1, -0.05) is 13.8 Å². The number of fused-ring (bicyclic) bond motifs is 1. The lowest BCUT2D eigenvalue weighted by molar-refractivity contribution is -0.136. The monoisotopic (exact) mass is 293 g/mol. The van der Waals surface area contributed by atoms with Gasteiger partial charge in [-0.05, 0) is 31.6 Å². The van der Waals surface area contributed by atoms with E-state index in [0.29, 0.717) is 11.9 Å². The highest BCUT2D eigenvalue weighted by atomic mass is 16.2. The molecule has 3 fully saturated rings. The van der Waals surface area contributed by atoms with E-state index in [1.165, 1.54) is 19.6 Å². The normalized spacial score (nSPS) is 33.8. The molecule has 1 saturated carbocycles. The third-order valence-corrected chi connectivity index (χ3v) is 5.78. The largest absolute Gasteiger partial charge is 0.340 e. The minimum Gasteiger partial charge on any atom is -0.340 e. The molecule has 2 aliphatic heterocycles. The molecular formula is C17H31N3O. The predicted molar refractivity (Wildman–Crippen MR) is 85.0 cm³/mol. The average molecular weight is 293 g/mol. The Bertz CT molecular complexity index is 375. The number of nitrogens with zero attached hydrogens (tertiary/aromatic N) is 3. The minimum atomic E-state index is 0.140. The van der Waals surface area contributed by atoms with Crippen molar-refractivity contribution >= 4 is 5.91 Å². The van der Waals surface area contributed by atoms with Gasteiger partial charge in [0.05, 0.1) is 0 Å². The summed E-state index contributed by atoms with van der Waals surface area (Å²) in [4.78, 5) is 19.3. The number of likely N-dealkylation sites (tertiary alicyclic amines) is 1. The zero-order valence-corrected chi connectivity index (χ0v) is 14.1. The first kappa shape index (κ1) is 15.3. The highest BCUT2D eigenvalue weighted by molar-refractivity contribution is 5.78. The number of piperazine rings is 1. The topological polar surface area (TPSA) is 26.8 Å². The molecule has 3 atom stereocenters. The molecule has 0 bridgehead atoms. The van der Waals surface area contributed by atoms with Gasteiger partial charge in [-0.2, -0.15) is 0 Å². The van der Waals surface area contributed by atoms with Crippen LogP contribution in [0.5, 0.6) is 0 Å². The fourth-order valence-electron chi connectivity index (χ4n) is 4.19. The first-order valence-corrected chi connectivity index (χ1v) is 8.72. The molecule has 2 heterocycles. The highest BCUT2D eigenvalue weighted by Gasteiger charge is 2.55. The number of carbonyl (C=O) groups excluding carboxylic acids is 1. The van der Waals surface area contributed by atoms with Gasteiger partial charge in [0.1, 0.15) is 0 Å². The van der Waals surface area contributed by atoms with Crippen LogP contribution in [-0.4, -0.2) is 72.5 Å². The van der Waals surface area contributed by atoms with Crippen LogP contribution in [0, 0.1) is 23.7 Å². The lowest BCUT2D eigenvalue weighted by Gasteiger charge is -2.36. The third-order valence-electron chi connectivity index (χ3n) is 5.78. The molecule has 21 heavy (non-hydrogen) atoms. The molecule has 0 N–H and O–H groups in total. The number of hydrogen-bond donors (Lipinski definition) is 0. The van der Waals surface area contributed by atoms with Crippen molar-refractivity contribution < 1.29 is 4.79 Å². The summed E-state index contributed by atoms with van der Waals surface area (Å²) in [5.41, 5.74) is 0. The molecule has 3 aliphatic rings. The van der Waals surface area contributed by atoms with Crippen LogP contribution in [-0.2, 0) is 4.79 Å². The van der Waals surface area contributed by atoms with Gasteiger partial charge in [0.2, 0.25) is 5.91 Å². The van der Waals surface area contributed by atoms with Crippen molar-refractivity contribution in [1.29, 1.82) is 0 Å². The predicted octanol–water partition coefficient (Wildman–Crippen LogP) is 1.37. The average Bonchev–Trinajstić information content (AvgIpc) is 2.90. The first-order chi connectivity index (χ1) is 9.97. The van der Waals surface area contributed by atoms with Crippen LogP contribution in [0.3, 0.4) is 0 Å². The lowest BCUT2D eigenvalue weighted by Crippen LogP contribution is -2.50. The van der Waals surface area contributed by atoms with E-state index in [-0.39, 0.29) is 5.92 Å². The summed E-state index contributed by atoms with van der Waals surface area (Å²) < 4.78 is 0. The van der Waals surface area contributed by atoms with E-state index in [0.717, 1.165) is 43.9 Å². The summed E-state index contributed by atoms with van der Waals surface area (Å²) in [6.45, 7) is 16.5. The summed E-state index contributed by atoms with van der Waals surface area (Å²) in [6.07, 6.45) is 0. The van der Waals surface area contributed by atoms with Crippen LogP contribution in [0.15, 0.2) is 0 Å². The van der Waals surface area contributed by atoms with Crippen molar-refractivity contribution in [3.63, 3.8) is 0 Å². The van der Waals surface area contributed by atoms with E-state index in [2.05, 4.69) is 28.5 Å². The maximum absolute atomic E-state index is 12.0. The Hall–Kier alpha value is -0.610. The maximum Gasteiger partial charge on any atom is 0.225 e. The Morgan fingerprint density at radius 2 is 1.57 bits per heavy atom. The first-order valence-electron chi connectivity index (χ1n) is 8.72. The van der Waals surface area contributed by atoms with Crippen molar-refractivity contribution in [2.45, 2.75) is 33.7 Å². The molecule has 0 aromatic rings. The molecule has 1 aliphatic carbocycles. The SMILES string of the molecule is CC(C)C(=O)N1CCN(C[C@@H]2[C@H]3CN(C(C)C)C[C@@H]23)CC1. The number of hydrogen-bond acceptors (Lipinski definition) is 3. The molecule has 1 amide bonds. The summed E-state index contributed by atoms with van der Waals surface area (Å²) in [5, 5.41) is 0.